The fraction of sp³-hybridized carbons (Fsp3) is 0.778. The number of carbonyl (C=O) groups excluding carboxylic acids is 1. The van der Waals surface area contributed by atoms with Gasteiger partial charge in [-0.2, -0.15) is 5.26 Å². The molecule has 1 aliphatic heterocycles. The number of nitrogens with zero attached hydrogens (tertiary/aromatic N) is 2. The maximum Gasteiger partial charge on any atom is 0.226 e. The predicted molar refractivity (Wildman–Crippen MR) is 46.8 cm³/mol. The lowest BCUT2D eigenvalue weighted by Crippen LogP contribution is -2.36. The Labute approximate surface area is 78.1 Å². The Morgan fingerprint density at radius 1 is 1.62 bits per heavy atom. The van der Waals surface area contributed by atoms with Crippen LogP contribution in [0.4, 0.5) is 0 Å². The van der Waals surface area contributed by atoms with E-state index in [0.29, 0.717) is 13.2 Å². The number of amides is 1. The van der Waals surface area contributed by atoms with Crippen molar-refractivity contribution in [3.63, 3.8) is 0 Å². The van der Waals surface area contributed by atoms with E-state index in [0.717, 1.165) is 12.8 Å². The van der Waals surface area contributed by atoms with E-state index < -0.39 is 0 Å². The first-order valence-corrected chi connectivity index (χ1v) is 4.45. The zero-order valence-electron chi connectivity index (χ0n) is 7.82. The van der Waals surface area contributed by atoms with Crippen LogP contribution in [0, 0.1) is 17.2 Å². The van der Waals surface area contributed by atoms with E-state index in [2.05, 4.69) is 0 Å². The van der Waals surface area contributed by atoms with Crippen LogP contribution in [-0.4, -0.2) is 37.6 Å². The lowest BCUT2D eigenvalue weighted by Gasteiger charge is -2.24. The molecule has 4 nitrogen and oxygen atoms in total. The number of hydrogen-bond acceptors (Lipinski definition) is 3. The number of ether oxygens (including phenoxy) is 1. The highest BCUT2D eigenvalue weighted by Crippen LogP contribution is 2.16. The molecule has 0 aliphatic carbocycles. The molecule has 0 bridgehead atoms. The summed E-state index contributed by atoms with van der Waals surface area (Å²) in [6, 6.07) is 1.96. The van der Waals surface area contributed by atoms with Crippen LogP contribution >= 0.6 is 0 Å². The molecule has 0 spiro atoms. The molecular weight excluding hydrogens is 168 g/mol. The average molecular weight is 182 g/mol. The van der Waals surface area contributed by atoms with Crippen LogP contribution in [0.1, 0.15) is 12.8 Å². The van der Waals surface area contributed by atoms with E-state index in [1.807, 2.05) is 6.07 Å². The van der Waals surface area contributed by atoms with Gasteiger partial charge in [-0.25, -0.2) is 0 Å². The third-order valence-electron chi connectivity index (χ3n) is 2.25. The Bertz CT molecular complexity index is 216. The fourth-order valence-electron chi connectivity index (χ4n) is 1.44. The van der Waals surface area contributed by atoms with E-state index in [9.17, 15) is 4.79 Å². The third kappa shape index (κ3) is 2.71. The highest BCUT2D eigenvalue weighted by molar-refractivity contribution is 5.78. The van der Waals surface area contributed by atoms with Crippen molar-refractivity contribution in [1.29, 1.82) is 5.26 Å². The average Bonchev–Trinajstić information content (AvgIpc) is 2.18. The molecule has 0 aromatic heterocycles. The van der Waals surface area contributed by atoms with Crippen LogP contribution in [0.15, 0.2) is 0 Å². The van der Waals surface area contributed by atoms with E-state index in [-0.39, 0.29) is 18.4 Å². The summed E-state index contributed by atoms with van der Waals surface area (Å²) >= 11 is 0. The summed E-state index contributed by atoms with van der Waals surface area (Å²) in [6.45, 7) is 1.50. The summed E-state index contributed by atoms with van der Waals surface area (Å²) in [4.78, 5) is 13.1. The van der Waals surface area contributed by atoms with Crippen LogP contribution in [-0.2, 0) is 9.53 Å². The van der Waals surface area contributed by atoms with Gasteiger partial charge in [0.1, 0.15) is 6.54 Å². The summed E-state index contributed by atoms with van der Waals surface area (Å²) in [5.41, 5.74) is 0. The SMILES string of the molecule is CN(CC#N)C(=O)C1CCOCC1. The molecule has 1 amide bonds. The molecule has 1 fully saturated rings. The molecule has 1 rings (SSSR count). The molecule has 0 atom stereocenters. The summed E-state index contributed by atoms with van der Waals surface area (Å²) in [5, 5.41) is 8.42. The zero-order valence-corrected chi connectivity index (χ0v) is 7.82. The first-order valence-electron chi connectivity index (χ1n) is 4.45. The second kappa shape index (κ2) is 4.83. The van der Waals surface area contributed by atoms with Crippen LogP contribution in [0.2, 0.25) is 0 Å². The van der Waals surface area contributed by atoms with E-state index in [1.165, 1.54) is 4.90 Å². The van der Waals surface area contributed by atoms with Gasteiger partial charge in [0.15, 0.2) is 0 Å². The van der Waals surface area contributed by atoms with Gasteiger partial charge in [0, 0.05) is 26.2 Å². The van der Waals surface area contributed by atoms with Gasteiger partial charge in [0.2, 0.25) is 5.91 Å². The Kier molecular flexibility index (Phi) is 3.71. The van der Waals surface area contributed by atoms with Crippen molar-refractivity contribution in [3.8, 4) is 6.07 Å². The zero-order chi connectivity index (χ0) is 9.68. The summed E-state index contributed by atoms with van der Waals surface area (Å²) < 4.78 is 5.15. The number of rotatable bonds is 2. The predicted octanol–water partition coefficient (Wildman–Crippen LogP) is 0.395. The van der Waals surface area contributed by atoms with Crippen molar-refractivity contribution >= 4 is 5.91 Å². The van der Waals surface area contributed by atoms with Crippen molar-refractivity contribution in [2.75, 3.05) is 26.8 Å². The van der Waals surface area contributed by atoms with Gasteiger partial charge in [0.25, 0.3) is 0 Å². The molecule has 13 heavy (non-hydrogen) atoms. The number of carbonyl (C=O) groups is 1. The number of hydrogen-bond donors (Lipinski definition) is 0. The Morgan fingerprint density at radius 3 is 2.77 bits per heavy atom. The lowest BCUT2D eigenvalue weighted by atomic mass is 9.99. The highest BCUT2D eigenvalue weighted by Gasteiger charge is 2.23. The number of nitriles is 1. The Balaban J connectivity index is 2.41. The van der Waals surface area contributed by atoms with Crippen LogP contribution in [0.5, 0.6) is 0 Å². The van der Waals surface area contributed by atoms with E-state index >= 15 is 0 Å². The van der Waals surface area contributed by atoms with Gasteiger partial charge in [-0.05, 0) is 12.8 Å². The Hall–Kier alpha value is -1.08. The molecule has 0 radical (unpaired) electrons. The smallest absolute Gasteiger partial charge is 0.226 e. The van der Waals surface area contributed by atoms with E-state index in [1.54, 1.807) is 7.05 Å². The second-order valence-electron chi connectivity index (χ2n) is 3.24. The van der Waals surface area contributed by atoms with Gasteiger partial charge in [-0.15, -0.1) is 0 Å². The first-order chi connectivity index (χ1) is 6.25. The summed E-state index contributed by atoms with van der Waals surface area (Å²) in [7, 11) is 1.67. The first kappa shape index (κ1) is 10.0. The van der Waals surface area contributed by atoms with Gasteiger partial charge in [0.05, 0.1) is 6.07 Å². The molecule has 0 saturated carbocycles. The van der Waals surface area contributed by atoms with Crippen LogP contribution < -0.4 is 0 Å². The van der Waals surface area contributed by atoms with Crippen molar-refractivity contribution in [1.82, 2.24) is 4.90 Å². The lowest BCUT2D eigenvalue weighted by molar-refractivity contribution is -0.136. The standard InChI is InChI=1S/C9H14N2O2/c1-11(5-4-10)9(12)8-2-6-13-7-3-8/h8H,2-3,5-7H2,1H3. The monoisotopic (exact) mass is 182 g/mol. The van der Waals surface area contributed by atoms with Gasteiger partial charge in [-0.1, -0.05) is 0 Å². The van der Waals surface area contributed by atoms with E-state index in [4.69, 9.17) is 10.00 Å². The molecule has 0 aromatic rings. The van der Waals surface area contributed by atoms with Gasteiger partial charge >= 0.3 is 0 Å². The highest BCUT2D eigenvalue weighted by atomic mass is 16.5. The minimum atomic E-state index is 0.0621. The third-order valence-corrected chi connectivity index (χ3v) is 2.25. The molecule has 0 unspecified atom stereocenters. The quantitative estimate of drug-likeness (QED) is 0.581. The molecule has 0 N–H and O–H groups in total. The van der Waals surface area contributed by atoms with Crippen molar-refractivity contribution in [3.05, 3.63) is 0 Å². The van der Waals surface area contributed by atoms with Crippen LogP contribution in [0.25, 0.3) is 0 Å². The summed E-state index contributed by atoms with van der Waals surface area (Å²) in [6.07, 6.45) is 1.57. The van der Waals surface area contributed by atoms with Crippen molar-refractivity contribution in [2.45, 2.75) is 12.8 Å². The molecule has 1 aliphatic rings. The molecule has 4 heteroatoms. The molecule has 1 heterocycles. The van der Waals surface area contributed by atoms with Crippen LogP contribution in [0.3, 0.4) is 0 Å². The minimum absolute atomic E-state index is 0.0621. The second-order valence-corrected chi connectivity index (χ2v) is 3.24. The van der Waals surface area contributed by atoms with Crippen molar-refractivity contribution in [2.24, 2.45) is 5.92 Å². The fourth-order valence-corrected chi connectivity index (χ4v) is 1.44. The largest absolute Gasteiger partial charge is 0.381 e. The van der Waals surface area contributed by atoms with Gasteiger partial charge in [-0.3, -0.25) is 4.79 Å². The normalized spacial score (nSPS) is 17.8. The molecule has 0 aromatic carbocycles. The minimum Gasteiger partial charge on any atom is -0.381 e. The van der Waals surface area contributed by atoms with Gasteiger partial charge < -0.3 is 9.64 Å². The maximum absolute atomic E-state index is 11.6. The summed E-state index contributed by atoms with van der Waals surface area (Å²) in [5.74, 6) is 0.136. The maximum atomic E-state index is 11.6. The topological polar surface area (TPSA) is 53.3 Å². The Morgan fingerprint density at radius 2 is 2.23 bits per heavy atom. The molecule has 1 saturated heterocycles. The molecular formula is C9H14N2O2. The van der Waals surface area contributed by atoms with Crippen molar-refractivity contribution < 1.29 is 9.53 Å². The molecule has 72 valence electrons.